The van der Waals surface area contributed by atoms with Crippen LogP contribution in [0.15, 0.2) is 54.6 Å². The smallest absolute Gasteiger partial charge is 0.231 e. The number of amides is 1. The summed E-state index contributed by atoms with van der Waals surface area (Å²) in [5.74, 6) is 5.51. The Hall–Kier alpha value is -2.57. The molecule has 0 bridgehead atoms. The largest absolute Gasteiger partial charge is 0.326 e. The second-order valence-electron chi connectivity index (χ2n) is 4.71. The summed E-state index contributed by atoms with van der Waals surface area (Å²) < 4.78 is 0. The highest BCUT2D eigenvalue weighted by molar-refractivity contribution is 5.95. The van der Waals surface area contributed by atoms with Crippen molar-refractivity contribution >= 4 is 11.6 Å². The molecule has 0 fully saturated rings. The maximum atomic E-state index is 12.3. The van der Waals surface area contributed by atoms with Crippen LogP contribution in [0, 0.1) is 11.8 Å². The Morgan fingerprint density at radius 2 is 1.95 bits per heavy atom. The molecule has 0 aliphatic heterocycles. The number of rotatable bonds is 3. The summed E-state index contributed by atoms with van der Waals surface area (Å²) in [5.41, 5.74) is 7.93. The minimum atomic E-state index is -0.204. The molecule has 0 saturated heterocycles. The van der Waals surface area contributed by atoms with Crippen LogP contribution < -0.4 is 11.1 Å². The van der Waals surface area contributed by atoms with Gasteiger partial charge in [-0.15, -0.1) is 0 Å². The third kappa shape index (κ3) is 4.20. The number of hydrogen-bond donors (Lipinski definition) is 2. The Bertz CT molecular complexity index is 668. The Morgan fingerprint density at radius 3 is 2.67 bits per heavy atom. The zero-order chi connectivity index (χ0) is 15.1. The van der Waals surface area contributed by atoms with Crippen molar-refractivity contribution in [1.82, 2.24) is 0 Å². The van der Waals surface area contributed by atoms with E-state index in [-0.39, 0.29) is 11.8 Å². The molecule has 0 spiro atoms. The van der Waals surface area contributed by atoms with Crippen molar-refractivity contribution in [3.05, 3.63) is 65.7 Å². The third-order valence-electron chi connectivity index (χ3n) is 3.16. The number of hydrogen-bond acceptors (Lipinski definition) is 2. The van der Waals surface area contributed by atoms with Crippen LogP contribution in [-0.4, -0.2) is 12.5 Å². The van der Waals surface area contributed by atoms with Crippen LogP contribution in [0.4, 0.5) is 5.69 Å². The van der Waals surface area contributed by atoms with Crippen LogP contribution in [0.3, 0.4) is 0 Å². The standard InChI is InChI=1S/C18H18N2O/c1-14(16-9-3-2-4-10-16)18(21)20-17-11-5-7-15(13-17)8-6-12-19/h2-5,7,9-11,13-14H,12,19H2,1H3,(H,20,21). The summed E-state index contributed by atoms with van der Waals surface area (Å²) in [5, 5.41) is 2.92. The average molecular weight is 278 g/mol. The molecule has 2 aromatic rings. The molecule has 3 heteroatoms. The van der Waals surface area contributed by atoms with Crippen molar-refractivity contribution in [2.45, 2.75) is 12.8 Å². The number of anilines is 1. The van der Waals surface area contributed by atoms with E-state index in [9.17, 15) is 4.79 Å². The molecule has 0 saturated carbocycles. The van der Waals surface area contributed by atoms with Crippen molar-refractivity contribution in [3.8, 4) is 11.8 Å². The van der Waals surface area contributed by atoms with Crippen molar-refractivity contribution in [3.63, 3.8) is 0 Å². The van der Waals surface area contributed by atoms with Crippen molar-refractivity contribution in [2.75, 3.05) is 11.9 Å². The molecule has 21 heavy (non-hydrogen) atoms. The molecule has 0 aromatic heterocycles. The quantitative estimate of drug-likeness (QED) is 0.848. The van der Waals surface area contributed by atoms with E-state index in [4.69, 9.17) is 5.73 Å². The Kier molecular flexibility index (Phi) is 5.14. The lowest BCUT2D eigenvalue weighted by Crippen LogP contribution is -2.18. The third-order valence-corrected chi connectivity index (χ3v) is 3.16. The lowest BCUT2D eigenvalue weighted by atomic mass is 10.0. The van der Waals surface area contributed by atoms with Gasteiger partial charge in [-0.25, -0.2) is 0 Å². The summed E-state index contributed by atoms with van der Waals surface area (Å²) in [4.78, 5) is 12.3. The van der Waals surface area contributed by atoms with Crippen molar-refractivity contribution in [1.29, 1.82) is 0 Å². The molecule has 0 aliphatic carbocycles. The predicted octanol–water partition coefficient (Wildman–Crippen LogP) is 2.74. The maximum Gasteiger partial charge on any atom is 0.231 e. The fourth-order valence-electron chi connectivity index (χ4n) is 1.97. The molecule has 0 aliphatic rings. The molecular formula is C18H18N2O. The fraction of sp³-hybridized carbons (Fsp3) is 0.167. The van der Waals surface area contributed by atoms with Gasteiger partial charge < -0.3 is 11.1 Å². The van der Waals surface area contributed by atoms with E-state index >= 15 is 0 Å². The molecule has 1 amide bonds. The number of carbonyl (C=O) groups is 1. The first-order valence-corrected chi connectivity index (χ1v) is 6.85. The second kappa shape index (κ2) is 7.28. The second-order valence-corrected chi connectivity index (χ2v) is 4.71. The number of nitrogens with two attached hydrogens (primary N) is 1. The van der Waals surface area contributed by atoms with E-state index in [1.165, 1.54) is 0 Å². The lowest BCUT2D eigenvalue weighted by molar-refractivity contribution is -0.117. The zero-order valence-corrected chi connectivity index (χ0v) is 12.0. The van der Waals surface area contributed by atoms with Crippen molar-refractivity contribution in [2.24, 2.45) is 5.73 Å². The van der Waals surface area contributed by atoms with E-state index in [0.717, 1.165) is 16.8 Å². The highest BCUT2D eigenvalue weighted by Crippen LogP contribution is 2.18. The number of nitrogens with one attached hydrogen (secondary N) is 1. The molecule has 0 heterocycles. The van der Waals surface area contributed by atoms with Crippen LogP contribution >= 0.6 is 0 Å². The molecule has 106 valence electrons. The van der Waals surface area contributed by atoms with Gasteiger partial charge in [-0.2, -0.15) is 0 Å². The minimum absolute atomic E-state index is 0.0369. The van der Waals surface area contributed by atoms with Gasteiger partial charge >= 0.3 is 0 Å². The molecule has 2 aromatic carbocycles. The summed E-state index contributed by atoms with van der Waals surface area (Å²) >= 11 is 0. The van der Waals surface area contributed by atoms with Gasteiger partial charge in [0.05, 0.1) is 12.5 Å². The van der Waals surface area contributed by atoms with Gasteiger partial charge in [0.2, 0.25) is 5.91 Å². The van der Waals surface area contributed by atoms with E-state index in [2.05, 4.69) is 17.2 Å². The zero-order valence-electron chi connectivity index (χ0n) is 12.0. The Balaban J connectivity index is 2.09. The first-order valence-electron chi connectivity index (χ1n) is 6.85. The molecule has 0 radical (unpaired) electrons. The topological polar surface area (TPSA) is 55.1 Å². The summed E-state index contributed by atoms with van der Waals surface area (Å²) in [7, 11) is 0. The van der Waals surface area contributed by atoms with E-state index in [1.54, 1.807) is 0 Å². The monoisotopic (exact) mass is 278 g/mol. The molecule has 3 nitrogen and oxygen atoms in total. The Labute approximate surface area is 125 Å². The number of carbonyl (C=O) groups excluding carboxylic acids is 1. The van der Waals surface area contributed by atoms with Crippen molar-refractivity contribution < 1.29 is 4.79 Å². The molecular weight excluding hydrogens is 260 g/mol. The van der Waals surface area contributed by atoms with Gasteiger partial charge in [-0.05, 0) is 30.7 Å². The van der Waals surface area contributed by atoms with Gasteiger partial charge in [0, 0.05) is 11.3 Å². The maximum absolute atomic E-state index is 12.3. The van der Waals surface area contributed by atoms with Gasteiger partial charge in [0.25, 0.3) is 0 Å². The van der Waals surface area contributed by atoms with Gasteiger partial charge in [0.1, 0.15) is 0 Å². The van der Waals surface area contributed by atoms with Crippen LogP contribution in [-0.2, 0) is 4.79 Å². The van der Waals surface area contributed by atoms with Crippen LogP contribution in [0.5, 0.6) is 0 Å². The van der Waals surface area contributed by atoms with E-state index < -0.39 is 0 Å². The normalized spacial score (nSPS) is 11.1. The highest BCUT2D eigenvalue weighted by Gasteiger charge is 2.14. The van der Waals surface area contributed by atoms with Gasteiger partial charge in [-0.3, -0.25) is 4.79 Å². The average Bonchev–Trinajstić information content (AvgIpc) is 2.53. The summed E-state index contributed by atoms with van der Waals surface area (Å²) in [6.45, 7) is 2.21. The van der Waals surface area contributed by atoms with Crippen LogP contribution in [0.25, 0.3) is 0 Å². The molecule has 3 N–H and O–H groups in total. The van der Waals surface area contributed by atoms with Crippen LogP contribution in [0.1, 0.15) is 24.0 Å². The van der Waals surface area contributed by atoms with Crippen LogP contribution in [0.2, 0.25) is 0 Å². The first kappa shape index (κ1) is 14.8. The number of benzene rings is 2. The predicted molar refractivity (Wildman–Crippen MR) is 85.9 cm³/mol. The molecule has 1 atom stereocenters. The SMILES string of the molecule is CC(C(=O)Nc1cccc(C#CCN)c1)c1ccccc1. The summed E-state index contributed by atoms with van der Waals surface area (Å²) in [6.07, 6.45) is 0. The molecule has 1 unspecified atom stereocenters. The van der Waals surface area contributed by atoms with E-state index in [1.807, 2.05) is 61.5 Å². The Morgan fingerprint density at radius 1 is 1.19 bits per heavy atom. The summed E-state index contributed by atoms with van der Waals surface area (Å²) in [6, 6.07) is 17.2. The van der Waals surface area contributed by atoms with E-state index in [0.29, 0.717) is 6.54 Å². The fourth-order valence-corrected chi connectivity index (χ4v) is 1.97. The lowest BCUT2D eigenvalue weighted by Gasteiger charge is -2.12. The van der Waals surface area contributed by atoms with Gasteiger partial charge in [-0.1, -0.05) is 48.2 Å². The first-order chi connectivity index (χ1) is 10.2. The molecule has 2 rings (SSSR count). The minimum Gasteiger partial charge on any atom is -0.326 e. The highest BCUT2D eigenvalue weighted by atomic mass is 16.1. The van der Waals surface area contributed by atoms with Gasteiger partial charge in [0.15, 0.2) is 0 Å².